The van der Waals surface area contributed by atoms with Gasteiger partial charge in [0.25, 0.3) is 0 Å². The van der Waals surface area contributed by atoms with Crippen LogP contribution in [0.4, 0.5) is 0 Å². The third-order valence-electron chi connectivity index (χ3n) is 3.70. The highest BCUT2D eigenvalue weighted by atomic mass is 16.5. The summed E-state index contributed by atoms with van der Waals surface area (Å²) in [6.45, 7) is 9.02. The van der Waals surface area contributed by atoms with Gasteiger partial charge in [-0.05, 0) is 46.5 Å². The molecule has 0 aromatic carbocycles. The lowest BCUT2D eigenvalue weighted by Crippen LogP contribution is -2.46. The normalized spacial score (nSPS) is 15.5. The highest BCUT2D eigenvalue weighted by molar-refractivity contribution is 5.79. The van der Waals surface area contributed by atoms with Crippen LogP contribution in [0.5, 0.6) is 0 Å². The van der Waals surface area contributed by atoms with Crippen molar-refractivity contribution in [1.82, 2.24) is 0 Å². The predicted octanol–water partition coefficient (Wildman–Crippen LogP) is 3.81. The van der Waals surface area contributed by atoms with Crippen molar-refractivity contribution < 1.29 is 14.3 Å². The zero-order valence-corrected chi connectivity index (χ0v) is 14.5. The number of hydrogen-bond acceptors (Lipinski definition) is 4. The Morgan fingerprint density at radius 1 is 1.14 bits per heavy atom. The van der Waals surface area contributed by atoms with Gasteiger partial charge >= 0.3 is 5.97 Å². The van der Waals surface area contributed by atoms with Crippen molar-refractivity contribution in [1.29, 1.82) is 0 Å². The lowest BCUT2D eigenvalue weighted by molar-refractivity contribution is -0.149. The second kappa shape index (κ2) is 12.0. The molecule has 0 spiro atoms. The summed E-state index contributed by atoms with van der Waals surface area (Å²) in [5.74, 6) is -0.310. The molecule has 0 amide bonds. The van der Waals surface area contributed by atoms with Crippen LogP contribution < -0.4 is 5.73 Å². The standard InChI is InChI=1S/C17H35NO3/c1-5-7-8-9-12-15(3)21-14-11-10-13-17(4,18)16(19)20-6-2/h15H,5-14,18H2,1-4H3. The zero-order chi connectivity index (χ0) is 16.1. The monoisotopic (exact) mass is 301 g/mol. The number of esters is 1. The third kappa shape index (κ3) is 10.7. The van der Waals surface area contributed by atoms with E-state index in [-0.39, 0.29) is 5.97 Å². The molecular formula is C17H35NO3. The molecule has 0 saturated heterocycles. The SMILES string of the molecule is CCCCCCC(C)OCCCCC(C)(N)C(=O)OCC. The molecule has 126 valence electrons. The molecular weight excluding hydrogens is 266 g/mol. The maximum Gasteiger partial charge on any atom is 0.325 e. The number of hydrogen-bond donors (Lipinski definition) is 1. The maximum atomic E-state index is 11.6. The van der Waals surface area contributed by atoms with E-state index in [0.29, 0.717) is 19.1 Å². The fourth-order valence-electron chi connectivity index (χ4n) is 2.22. The fraction of sp³-hybridized carbons (Fsp3) is 0.941. The summed E-state index contributed by atoms with van der Waals surface area (Å²) in [5.41, 5.74) is 5.09. The lowest BCUT2D eigenvalue weighted by Gasteiger charge is -2.22. The number of nitrogens with two attached hydrogens (primary N) is 1. The number of ether oxygens (including phenoxy) is 2. The summed E-state index contributed by atoms with van der Waals surface area (Å²) in [5, 5.41) is 0. The Morgan fingerprint density at radius 3 is 2.48 bits per heavy atom. The molecule has 4 nitrogen and oxygen atoms in total. The minimum Gasteiger partial charge on any atom is -0.465 e. The number of unbranched alkanes of at least 4 members (excludes halogenated alkanes) is 4. The first-order valence-corrected chi connectivity index (χ1v) is 8.51. The van der Waals surface area contributed by atoms with Gasteiger partial charge in [-0.2, -0.15) is 0 Å². The van der Waals surface area contributed by atoms with Crippen molar-refractivity contribution in [3.8, 4) is 0 Å². The Labute approximate surface area is 130 Å². The van der Waals surface area contributed by atoms with Gasteiger partial charge in [0.2, 0.25) is 0 Å². The van der Waals surface area contributed by atoms with Gasteiger partial charge in [-0.25, -0.2) is 0 Å². The van der Waals surface area contributed by atoms with Crippen molar-refractivity contribution in [2.45, 2.75) is 90.7 Å². The topological polar surface area (TPSA) is 61.5 Å². The second-order valence-corrected chi connectivity index (χ2v) is 6.13. The quantitative estimate of drug-likeness (QED) is 0.415. The van der Waals surface area contributed by atoms with Crippen LogP contribution in [0.3, 0.4) is 0 Å². The molecule has 2 N–H and O–H groups in total. The molecule has 0 bridgehead atoms. The molecule has 0 aromatic heterocycles. The summed E-state index contributed by atoms with van der Waals surface area (Å²) in [4.78, 5) is 11.6. The van der Waals surface area contributed by atoms with Crippen LogP contribution in [-0.4, -0.2) is 30.8 Å². The van der Waals surface area contributed by atoms with E-state index in [1.165, 1.54) is 25.7 Å². The van der Waals surface area contributed by atoms with Crippen LogP contribution in [0.15, 0.2) is 0 Å². The summed E-state index contributed by atoms with van der Waals surface area (Å²) < 4.78 is 10.8. The largest absolute Gasteiger partial charge is 0.465 e. The Kier molecular flexibility index (Phi) is 11.6. The molecule has 0 saturated carbocycles. The molecule has 0 heterocycles. The highest BCUT2D eigenvalue weighted by Crippen LogP contribution is 2.14. The first-order valence-electron chi connectivity index (χ1n) is 8.51. The number of carbonyl (C=O) groups excluding carboxylic acids is 1. The van der Waals surface area contributed by atoms with Crippen LogP contribution >= 0.6 is 0 Å². The van der Waals surface area contributed by atoms with Crippen molar-refractivity contribution in [2.24, 2.45) is 5.73 Å². The average Bonchev–Trinajstić information content (AvgIpc) is 2.43. The lowest BCUT2D eigenvalue weighted by atomic mass is 9.96. The molecule has 0 aliphatic heterocycles. The molecule has 0 radical (unpaired) electrons. The van der Waals surface area contributed by atoms with Gasteiger partial charge in [-0.1, -0.05) is 32.6 Å². The smallest absolute Gasteiger partial charge is 0.325 e. The molecule has 21 heavy (non-hydrogen) atoms. The summed E-state index contributed by atoms with van der Waals surface area (Å²) in [6.07, 6.45) is 9.06. The van der Waals surface area contributed by atoms with E-state index < -0.39 is 5.54 Å². The molecule has 4 heteroatoms. The van der Waals surface area contributed by atoms with Crippen LogP contribution in [-0.2, 0) is 14.3 Å². The van der Waals surface area contributed by atoms with E-state index in [0.717, 1.165) is 25.9 Å². The van der Waals surface area contributed by atoms with Crippen molar-refractivity contribution in [3.05, 3.63) is 0 Å². The van der Waals surface area contributed by atoms with E-state index in [4.69, 9.17) is 15.2 Å². The zero-order valence-electron chi connectivity index (χ0n) is 14.5. The minimum absolute atomic E-state index is 0.310. The first kappa shape index (κ1) is 20.4. The van der Waals surface area contributed by atoms with Gasteiger partial charge in [0.05, 0.1) is 12.7 Å². The Balaban J connectivity index is 3.60. The summed E-state index contributed by atoms with van der Waals surface area (Å²) in [7, 11) is 0. The maximum absolute atomic E-state index is 11.6. The van der Waals surface area contributed by atoms with Gasteiger partial charge in [0, 0.05) is 6.61 Å². The van der Waals surface area contributed by atoms with Gasteiger partial charge in [-0.15, -0.1) is 0 Å². The third-order valence-corrected chi connectivity index (χ3v) is 3.70. The van der Waals surface area contributed by atoms with E-state index >= 15 is 0 Å². The highest BCUT2D eigenvalue weighted by Gasteiger charge is 2.28. The van der Waals surface area contributed by atoms with Crippen LogP contribution in [0.1, 0.15) is 79.1 Å². The molecule has 0 rings (SSSR count). The number of carbonyl (C=O) groups is 1. The Hall–Kier alpha value is -0.610. The van der Waals surface area contributed by atoms with Crippen LogP contribution in [0.2, 0.25) is 0 Å². The summed E-state index contributed by atoms with van der Waals surface area (Å²) >= 11 is 0. The molecule has 2 atom stereocenters. The predicted molar refractivity (Wildman–Crippen MR) is 87.2 cm³/mol. The van der Waals surface area contributed by atoms with E-state index in [9.17, 15) is 4.79 Å². The molecule has 0 aliphatic carbocycles. The van der Waals surface area contributed by atoms with Crippen molar-refractivity contribution in [3.63, 3.8) is 0 Å². The molecule has 0 aromatic rings. The minimum atomic E-state index is -0.873. The van der Waals surface area contributed by atoms with Crippen molar-refractivity contribution in [2.75, 3.05) is 13.2 Å². The molecule has 2 unspecified atom stereocenters. The Bertz CT molecular complexity index is 267. The van der Waals surface area contributed by atoms with E-state index in [1.54, 1.807) is 13.8 Å². The van der Waals surface area contributed by atoms with Gasteiger partial charge in [0.15, 0.2) is 0 Å². The second-order valence-electron chi connectivity index (χ2n) is 6.13. The van der Waals surface area contributed by atoms with E-state index in [1.807, 2.05) is 0 Å². The first-order chi connectivity index (χ1) is 9.94. The van der Waals surface area contributed by atoms with E-state index in [2.05, 4.69) is 13.8 Å². The van der Waals surface area contributed by atoms with Crippen LogP contribution in [0.25, 0.3) is 0 Å². The van der Waals surface area contributed by atoms with Gasteiger partial charge < -0.3 is 15.2 Å². The molecule has 0 fully saturated rings. The number of rotatable bonds is 13. The molecule has 0 aliphatic rings. The fourth-order valence-corrected chi connectivity index (χ4v) is 2.22. The van der Waals surface area contributed by atoms with Crippen molar-refractivity contribution >= 4 is 5.97 Å². The summed E-state index contributed by atoms with van der Waals surface area (Å²) in [6, 6.07) is 0. The van der Waals surface area contributed by atoms with Crippen LogP contribution in [0, 0.1) is 0 Å². The Morgan fingerprint density at radius 2 is 1.86 bits per heavy atom. The van der Waals surface area contributed by atoms with Gasteiger partial charge in [0.1, 0.15) is 5.54 Å². The van der Waals surface area contributed by atoms with Gasteiger partial charge in [-0.3, -0.25) is 4.79 Å². The average molecular weight is 301 g/mol.